The first-order valence-electron chi connectivity index (χ1n) is 6.28. The quantitative estimate of drug-likeness (QED) is 0.590. The van der Waals surface area contributed by atoms with E-state index < -0.39 is 0 Å². The molecule has 5 heteroatoms. The first-order chi connectivity index (χ1) is 7.93. The minimum absolute atomic E-state index is 0.0651. The molecule has 1 heterocycles. The van der Waals surface area contributed by atoms with Gasteiger partial charge in [-0.2, -0.15) is 0 Å². The van der Waals surface area contributed by atoms with Crippen molar-refractivity contribution in [2.24, 2.45) is 11.1 Å². The smallest absolute Gasteiger partial charge is 0.231 e. The minimum Gasteiger partial charge on any atom is -0.396 e. The molecule has 100 valence electrons. The molecule has 0 atom stereocenters. The van der Waals surface area contributed by atoms with Gasteiger partial charge in [-0.25, -0.2) is 0 Å². The van der Waals surface area contributed by atoms with Crippen molar-refractivity contribution in [1.29, 1.82) is 0 Å². The van der Waals surface area contributed by atoms with Crippen LogP contribution in [0.3, 0.4) is 0 Å². The van der Waals surface area contributed by atoms with E-state index in [2.05, 4.69) is 10.2 Å². The van der Waals surface area contributed by atoms with E-state index in [9.17, 15) is 4.79 Å². The molecule has 0 aromatic heterocycles. The Bertz CT molecular complexity index is 248. The lowest BCUT2D eigenvalue weighted by molar-refractivity contribution is -0.119. The van der Waals surface area contributed by atoms with Crippen LogP contribution in [0.5, 0.6) is 0 Å². The summed E-state index contributed by atoms with van der Waals surface area (Å²) in [4.78, 5) is 12.9. The highest BCUT2D eigenvalue weighted by atomic mass is 16.3. The fourth-order valence-electron chi connectivity index (χ4n) is 1.99. The van der Waals surface area contributed by atoms with E-state index in [0.29, 0.717) is 12.6 Å². The molecule has 0 aromatic carbocycles. The molecule has 0 radical (unpaired) electrons. The number of rotatable bonds is 6. The highest BCUT2D eigenvalue weighted by molar-refractivity contribution is 5.75. The summed E-state index contributed by atoms with van der Waals surface area (Å²) in [5, 5.41) is 12.6. The van der Waals surface area contributed by atoms with Crippen LogP contribution >= 0.6 is 0 Å². The minimum atomic E-state index is -0.252. The molecule has 1 fully saturated rings. The second-order valence-corrected chi connectivity index (χ2v) is 5.72. The molecular formula is C12H25N3O2. The van der Waals surface area contributed by atoms with Crippen molar-refractivity contribution in [3.63, 3.8) is 0 Å². The predicted octanol–water partition coefficient (Wildman–Crippen LogP) is -0.456. The Kier molecular flexibility index (Phi) is 5.36. The Labute approximate surface area is 103 Å². The van der Waals surface area contributed by atoms with Gasteiger partial charge in [-0.1, -0.05) is 13.8 Å². The summed E-state index contributed by atoms with van der Waals surface area (Å²) in [5.41, 5.74) is 5.10. The summed E-state index contributed by atoms with van der Waals surface area (Å²) in [6.07, 6.45) is 2.07. The van der Waals surface area contributed by atoms with E-state index in [1.165, 1.54) is 0 Å². The fourth-order valence-corrected chi connectivity index (χ4v) is 1.99. The van der Waals surface area contributed by atoms with Crippen LogP contribution in [0.2, 0.25) is 0 Å². The molecule has 0 unspecified atom stereocenters. The lowest BCUT2D eigenvalue weighted by atomic mass is 9.93. The number of piperidine rings is 1. The molecule has 4 N–H and O–H groups in total. The number of amides is 1. The van der Waals surface area contributed by atoms with Crippen molar-refractivity contribution >= 4 is 5.91 Å². The summed E-state index contributed by atoms with van der Waals surface area (Å²) >= 11 is 0. The molecule has 0 bridgehead atoms. The van der Waals surface area contributed by atoms with Gasteiger partial charge in [-0.3, -0.25) is 9.69 Å². The topological polar surface area (TPSA) is 78.6 Å². The number of hydrogen-bond acceptors (Lipinski definition) is 4. The third-order valence-corrected chi connectivity index (χ3v) is 3.26. The highest BCUT2D eigenvalue weighted by Crippen LogP contribution is 2.15. The summed E-state index contributed by atoms with van der Waals surface area (Å²) < 4.78 is 0. The number of aliphatic hydroxyl groups is 1. The third kappa shape index (κ3) is 5.48. The van der Waals surface area contributed by atoms with Gasteiger partial charge in [0.1, 0.15) is 0 Å². The molecule has 1 saturated heterocycles. The van der Waals surface area contributed by atoms with Crippen molar-refractivity contribution in [3.05, 3.63) is 0 Å². The van der Waals surface area contributed by atoms with Crippen molar-refractivity contribution in [2.45, 2.75) is 32.7 Å². The molecule has 1 aliphatic rings. The Morgan fingerprint density at radius 1 is 1.47 bits per heavy atom. The van der Waals surface area contributed by atoms with Crippen LogP contribution < -0.4 is 11.1 Å². The van der Waals surface area contributed by atoms with Gasteiger partial charge in [0.15, 0.2) is 0 Å². The Hall–Kier alpha value is -0.650. The van der Waals surface area contributed by atoms with Gasteiger partial charge in [0, 0.05) is 37.7 Å². The number of nitrogens with two attached hydrogens (primary N) is 1. The van der Waals surface area contributed by atoms with Crippen molar-refractivity contribution in [2.75, 3.05) is 32.8 Å². The SMILES string of the molecule is CC(C)(CO)CNC1CCN(CC(N)=O)CC1. The van der Waals surface area contributed by atoms with E-state index in [1.807, 2.05) is 13.8 Å². The number of likely N-dealkylation sites (tertiary alicyclic amines) is 1. The first kappa shape index (κ1) is 14.4. The Morgan fingerprint density at radius 2 is 2.06 bits per heavy atom. The summed E-state index contributed by atoms with van der Waals surface area (Å²) in [7, 11) is 0. The number of nitrogens with one attached hydrogen (secondary N) is 1. The molecule has 1 amide bonds. The summed E-state index contributed by atoms with van der Waals surface area (Å²) in [5.74, 6) is -0.252. The fraction of sp³-hybridized carbons (Fsp3) is 0.917. The van der Waals surface area contributed by atoms with Gasteiger partial charge >= 0.3 is 0 Å². The van der Waals surface area contributed by atoms with Crippen molar-refractivity contribution in [1.82, 2.24) is 10.2 Å². The zero-order valence-corrected chi connectivity index (χ0v) is 10.9. The van der Waals surface area contributed by atoms with E-state index in [4.69, 9.17) is 10.8 Å². The molecule has 0 aromatic rings. The normalized spacial score (nSPS) is 19.5. The van der Waals surface area contributed by atoms with Gasteiger partial charge in [0.2, 0.25) is 5.91 Å². The average Bonchev–Trinajstić information content (AvgIpc) is 2.28. The molecule has 1 aliphatic heterocycles. The average molecular weight is 243 g/mol. The predicted molar refractivity (Wildman–Crippen MR) is 67.5 cm³/mol. The standard InChI is InChI=1S/C12H25N3O2/c1-12(2,9-16)8-14-10-3-5-15(6-4-10)7-11(13)17/h10,14,16H,3-9H2,1-2H3,(H2,13,17). The molecule has 5 nitrogen and oxygen atoms in total. The summed E-state index contributed by atoms with van der Waals surface area (Å²) in [6.45, 7) is 7.31. The van der Waals surface area contributed by atoms with Crippen LogP contribution in [0.1, 0.15) is 26.7 Å². The maximum Gasteiger partial charge on any atom is 0.231 e. The molecular weight excluding hydrogens is 218 g/mol. The molecule has 17 heavy (non-hydrogen) atoms. The summed E-state index contributed by atoms with van der Waals surface area (Å²) in [6, 6.07) is 0.491. The Balaban J connectivity index is 2.21. The highest BCUT2D eigenvalue weighted by Gasteiger charge is 2.22. The van der Waals surface area contributed by atoms with Crippen LogP contribution in [0.25, 0.3) is 0 Å². The van der Waals surface area contributed by atoms with Gasteiger partial charge in [-0.05, 0) is 12.8 Å². The van der Waals surface area contributed by atoms with E-state index >= 15 is 0 Å². The van der Waals surface area contributed by atoms with Crippen LogP contribution in [-0.4, -0.2) is 54.7 Å². The number of carbonyl (C=O) groups is 1. The number of aliphatic hydroxyl groups excluding tert-OH is 1. The van der Waals surface area contributed by atoms with Crippen LogP contribution in [0, 0.1) is 5.41 Å². The zero-order valence-electron chi connectivity index (χ0n) is 10.9. The molecule has 0 aliphatic carbocycles. The monoisotopic (exact) mass is 243 g/mol. The maximum absolute atomic E-state index is 10.8. The number of carbonyl (C=O) groups excluding carboxylic acids is 1. The maximum atomic E-state index is 10.8. The van der Waals surface area contributed by atoms with Gasteiger partial charge in [0.25, 0.3) is 0 Å². The lowest BCUT2D eigenvalue weighted by Gasteiger charge is -2.33. The zero-order chi connectivity index (χ0) is 12.9. The van der Waals surface area contributed by atoms with Crippen LogP contribution in [-0.2, 0) is 4.79 Å². The largest absolute Gasteiger partial charge is 0.396 e. The molecule has 1 rings (SSSR count). The van der Waals surface area contributed by atoms with Gasteiger partial charge in [0.05, 0.1) is 6.54 Å². The molecule has 0 spiro atoms. The third-order valence-electron chi connectivity index (χ3n) is 3.26. The number of hydrogen-bond donors (Lipinski definition) is 3. The van der Waals surface area contributed by atoms with Gasteiger partial charge in [-0.15, -0.1) is 0 Å². The van der Waals surface area contributed by atoms with Crippen molar-refractivity contribution < 1.29 is 9.90 Å². The first-order valence-corrected chi connectivity index (χ1v) is 6.28. The van der Waals surface area contributed by atoms with E-state index in [-0.39, 0.29) is 17.9 Å². The second-order valence-electron chi connectivity index (χ2n) is 5.72. The number of nitrogens with zero attached hydrogens (tertiary/aromatic N) is 1. The number of primary amides is 1. The molecule has 0 saturated carbocycles. The lowest BCUT2D eigenvalue weighted by Crippen LogP contribution is -2.47. The van der Waals surface area contributed by atoms with Gasteiger partial charge < -0.3 is 16.2 Å². The van der Waals surface area contributed by atoms with Crippen LogP contribution in [0.15, 0.2) is 0 Å². The van der Waals surface area contributed by atoms with Crippen molar-refractivity contribution in [3.8, 4) is 0 Å². The second kappa shape index (κ2) is 6.33. The van der Waals surface area contributed by atoms with E-state index in [1.54, 1.807) is 0 Å². The van der Waals surface area contributed by atoms with E-state index in [0.717, 1.165) is 32.5 Å². The van der Waals surface area contributed by atoms with Crippen LogP contribution in [0.4, 0.5) is 0 Å². The Morgan fingerprint density at radius 3 is 2.53 bits per heavy atom.